The lowest BCUT2D eigenvalue weighted by Gasteiger charge is -2.32. The van der Waals surface area contributed by atoms with E-state index in [2.05, 4.69) is 21.8 Å². The third kappa shape index (κ3) is 3.98. The molecule has 1 aliphatic heterocycles. The predicted molar refractivity (Wildman–Crippen MR) is 121 cm³/mol. The van der Waals surface area contributed by atoms with E-state index in [4.69, 9.17) is 11.6 Å². The largest absolute Gasteiger partial charge is 0.382 e. The van der Waals surface area contributed by atoms with E-state index in [0.29, 0.717) is 28.8 Å². The van der Waals surface area contributed by atoms with E-state index in [1.165, 1.54) is 17.1 Å². The third-order valence-corrected chi connectivity index (χ3v) is 5.19. The molecule has 0 saturated carbocycles. The van der Waals surface area contributed by atoms with Crippen LogP contribution in [0.15, 0.2) is 30.6 Å². The average molecular weight is 420 g/mol. The van der Waals surface area contributed by atoms with Crippen molar-refractivity contribution in [1.29, 1.82) is 0 Å². The zero-order valence-electron chi connectivity index (χ0n) is 17.8. The number of aliphatic hydroxyl groups is 1. The molecule has 8 heteroatoms. The molecule has 0 fully saturated rings. The van der Waals surface area contributed by atoms with Gasteiger partial charge in [-0.05, 0) is 50.5 Å². The SMILES string of the molecule is CN(N)c1c(N)nc(N2CCCc3c(C#CC(C)(C)O)cncc32)c2cc(F)ccc12. The van der Waals surface area contributed by atoms with Gasteiger partial charge in [-0.1, -0.05) is 11.8 Å². The van der Waals surface area contributed by atoms with Crippen LogP contribution in [0.2, 0.25) is 0 Å². The Labute approximate surface area is 180 Å². The first-order valence-corrected chi connectivity index (χ1v) is 10.0. The highest BCUT2D eigenvalue weighted by molar-refractivity contribution is 6.05. The molecular formula is C23H25FN6O. The fourth-order valence-corrected chi connectivity index (χ4v) is 3.90. The van der Waals surface area contributed by atoms with Crippen molar-refractivity contribution in [2.24, 2.45) is 5.84 Å². The van der Waals surface area contributed by atoms with Gasteiger partial charge in [0.15, 0.2) is 5.82 Å². The predicted octanol–water partition coefficient (Wildman–Crippen LogP) is 2.87. The third-order valence-electron chi connectivity index (χ3n) is 5.19. The fourth-order valence-electron chi connectivity index (χ4n) is 3.90. The summed E-state index contributed by atoms with van der Waals surface area (Å²) in [6.45, 7) is 3.95. The molecule has 5 N–H and O–H groups in total. The summed E-state index contributed by atoms with van der Waals surface area (Å²) in [4.78, 5) is 11.0. The Hall–Kier alpha value is -3.41. The highest BCUT2D eigenvalue weighted by Crippen LogP contribution is 2.41. The van der Waals surface area contributed by atoms with Crippen LogP contribution < -0.4 is 21.5 Å². The van der Waals surface area contributed by atoms with E-state index in [0.717, 1.165) is 29.7 Å². The quantitative estimate of drug-likeness (QED) is 0.333. The maximum absolute atomic E-state index is 14.2. The van der Waals surface area contributed by atoms with Crippen molar-refractivity contribution in [3.63, 3.8) is 0 Å². The number of benzene rings is 1. The zero-order valence-corrected chi connectivity index (χ0v) is 17.8. The van der Waals surface area contributed by atoms with Crippen molar-refractivity contribution in [3.05, 3.63) is 47.5 Å². The van der Waals surface area contributed by atoms with E-state index in [-0.39, 0.29) is 11.6 Å². The fraction of sp³-hybridized carbons (Fsp3) is 0.304. The van der Waals surface area contributed by atoms with Gasteiger partial charge in [0, 0.05) is 36.1 Å². The lowest BCUT2D eigenvalue weighted by Crippen LogP contribution is -2.29. The van der Waals surface area contributed by atoms with Crippen LogP contribution in [0.1, 0.15) is 31.4 Å². The van der Waals surface area contributed by atoms with Gasteiger partial charge in [-0.2, -0.15) is 0 Å². The molecular weight excluding hydrogens is 395 g/mol. The summed E-state index contributed by atoms with van der Waals surface area (Å²) in [5.74, 6) is 12.3. The number of anilines is 4. The number of nitrogen functional groups attached to an aromatic ring is 1. The summed E-state index contributed by atoms with van der Waals surface area (Å²) < 4.78 is 14.2. The normalized spacial score (nSPS) is 13.5. The standard InChI is InChI=1S/C23H25FN6O/c1-23(2,31)9-8-14-12-27-13-19-16(14)5-4-10-30(19)22-18-11-15(24)6-7-17(18)20(29(3)26)21(25)28-22/h6-7,11-13,31H,4-5,10,26H2,1-3H3,(H2,25,28). The maximum atomic E-state index is 14.2. The molecule has 31 heavy (non-hydrogen) atoms. The van der Waals surface area contributed by atoms with Gasteiger partial charge in [0.1, 0.15) is 22.9 Å². The second kappa shape index (κ2) is 7.69. The summed E-state index contributed by atoms with van der Waals surface area (Å²) >= 11 is 0. The molecule has 0 bridgehead atoms. The van der Waals surface area contributed by atoms with Gasteiger partial charge in [0.2, 0.25) is 0 Å². The number of aromatic nitrogens is 2. The molecule has 0 aliphatic carbocycles. The lowest BCUT2D eigenvalue weighted by atomic mass is 9.97. The molecule has 7 nitrogen and oxygen atoms in total. The second-order valence-corrected chi connectivity index (χ2v) is 8.22. The van der Waals surface area contributed by atoms with Crippen LogP contribution in [0.5, 0.6) is 0 Å². The van der Waals surface area contributed by atoms with Crippen LogP contribution in [-0.2, 0) is 6.42 Å². The Morgan fingerprint density at radius 2 is 2.03 bits per heavy atom. The lowest BCUT2D eigenvalue weighted by molar-refractivity contribution is 0.143. The average Bonchev–Trinajstić information content (AvgIpc) is 2.70. The Balaban J connectivity index is 1.93. The van der Waals surface area contributed by atoms with E-state index < -0.39 is 5.60 Å². The number of nitrogens with zero attached hydrogens (tertiary/aromatic N) is 4. The van der Waals surface area contributed by atoms with E-state index in [1.807, 2.05) is 4.90 Å². The molecule has 1 aliphatic rings. The minimum atomic E-state index is -1.11. The van der Waals surface area contributed by atoms with Crippen molar-refractivity contribution in [3.8, 4) is 11.8 Å². The summed E-state index contributed by atoms with van der Waals surface area (Å²) in [5.41, 5.74) is 8.31. The van der Waals surface area contributed by atoms with Crippen LogP contribution in [-0.4, -0.2) is 34.3 Å². The summed E-state index contributed by atoms with van der Waals surface area (Å²) in [6, 6.07) is 4.50. The highest BCUT2D eigenvalue weighted by Gasteiger charge is 2.25. The molecule has 0 saturated heterocycles. The first kappa shape index (κ1) is 20.8. The number of fused-ring (bicyclic) bond motifs is 2. The number of halogens is 1. The summed E-state index contributed by atoms with van der Waals surface area (Å²) in [5, 5.41) is 12.7. The van der Waals surface area contributed by atoms with E-state index in [1.54, 1.807) is 39.4 Å². The monoisotopic (exact) mass is 420 g/mol. The Kier molecular flexibility index (Phi) is 5.17. The van der Waals surface area contributed by atoms with Crippen LogP contribution in [0.25, 0.3) is 10.8 Å². The number of hydrogen-bond acceptors (Lipinski definition) is 7. The minimum absolute atomic E-state index is 0.261. The molecule has 0 unspecified atom stereocenters. The minimum Gasteiger partial charge on any atom is -0.382 e. The molecule has 3 aromatic rings. The summed E-state index contributed by atoms with van der Waals surface area (Å²) in [7, 11) is 1.67. The second-order valence-electron chi connectivity index (χ2n) is 8.22. The molecule has 2 aromatic heterocycles. The first-order valence-electron chi connectivity index (χ1n) is 10.0. The van der Waals surface area contributed by atoms with E-state index >= 15 is 0 Å². The Morgan fingerprint density at radius 3 is 2.74 bits per heavy atom. The highest BCUT2D eigenvalue weighted by atomic mass is 19.1. The van der Waals surface area contributed by atoms with Crippen LogP contribution in [0.3, 0.4) is 0 Å². The number of hydrazine groups is 1. The molecule has 0 atom stereocenters. The maximum Gasteiger partial charge on any atom is 0.151 e. The van der Waals surface area contributed by atoms with E-state index in [9.17, 15) is 9.50 Å². The molecule has 0 radical (unpaired) electrons. The van der Waals surface area contributed by atoms with Gasteiger partial charge in [-0.15, -0.1) is 0 Å². The van der Waals surface area contributed by atoms with Gasteiger partial charge < -0.3 is 20.7 Å². The molecule has 0 spiro atoms. The van der Waals surface area contributed by atoms with Crippen molar-refractivity contribution in [1.82, 2.24) is 9.97 Å². The van der Waals surface area contributed by atoms with Gasteiger partial charge in [-0.3, -0.25) is 4.98 Å². The van der Waals surface area contributed by atoms with Gasteiger partial charge in [0.05, 0.1) is 11.9 Å². The smallest absolute Gasteiger partial charge is 0.151 e. The van der Waals surface area contributed by atoms with Crippen LogP contribution >= 0.6 is 0 Å². The number of hydrogen-bond donors (Lipinski definition) is 3. The number of rotatable bonds is 2. The van der Waals surface area contributed by atoms with Crippen molar-refractivity contribution in [2.75, 3.05) is 29.2 Å². The van der Waals surface area contributed by atoms with Gasteiger partial charge >= 0.3 is 0 Å². The topological polar surface area (TPSA) is 105 Å². The molecule has 160 valence electrons. The van der Waals surface area contributed by atoms with Gasteiger partial charge in [0.25, 0.3) is 0 Å². The number of pyridine rings is 2. The van der Waals surface area contributed by atoms with Crippen molar-refractivity contribution < 1.29 is 9.50 Å². The molecule has 1 aromatic carbocycles. The molecule has 0 amide bonds. The van der Waals surface area contributed by atoms with Crippen molar-refractivity contribution in [2.45, 2.75) is 32.3 Å². The molecule has 3 heterocycles. The molecule has 4 rings (SSSR count). The van der Waals surface area contributed by atoms with Crippen LogP contribution in [0, 0.1) is 17.7 Å². The van der Waals surface area contributed by atoms with Gasteiger partial charge in [-0.25, -0.2) is 15.2 Å². The van der Waals surface area contributed by atoms with Crippen molar-refractivity contribution >= 4 is 33.8 Å². The Bertz CT molecular complexity index is 1220. The summed E-state index contributed by atoms with van der Waals surface area (Å²) in [6.07, 6.45) is 5.13. The zero-order chi connectivity index (χ0) is 22.3. The first-order chi connectivity index (χ1) is 14.7. The van der Waals surface area contributed by atoms with Crippen LogP contribution in [0.4, 0.5) is 27.4 Å². The Morgan fingerprint density at radius 1 is 1.26 bits per heavy atom. The number of nitrogens with two attached hydrogens (primary N) is 2.